The third-order valence-corrected chi connectivity index (χ3v) is 8.65. The molecule has 0 saturated carbocycles. The summed E-state index contributed by atoms with van der Waals surface area (Å²) in [6.07, 6.45) is 3.29. The number of nitrogens with zero attached hydrogens (tertiary/aromatic N) is 2. The van der Waals surface area contributed by atoms with Crippen LogP contribution in [0.25, 0.3) is 11.3 Å². The van der Waals surface area contributed by atoms with Crippen molar-refractivity contribution in [2.45, 2.75) is 43.2 Å². The minimum absolute atomic E-state index is 0.122. The zero-order valence-electron chi connectivity index (χ0n) is 20.3. The second-order valence-corrected chi connectivity index (χ2v) is 11.8. The van der Waals surface area contributed by atoms with Gasteiger partial charge in [-0.25, -0.2) is 4.98 Å². The third kappa shape index (κ3) is 8.61. The molecule has 1 saturated heterocycles. The number of piperidine rings is 1. The molecule has 0 aliphatic carbocycles. The van der Waals surface area contributed by atoms with Gasteiger partial charge in [0.05, 0.1) is 15.7 Å². The minimum atomic E-state index is -0.122. The van der Waals surface area contributed by atoms with Gasteiger partial charge in [-0.05, 0) is 54.8 Å². The molecular weight excluding hydrogens is 547 g/mol. The molecule has 11 heteroatoms. The van der Waals surface area contributed by atoms with Crippen molar-refractivity contribution in [2.75, 3.05) is 24.2 Å². The molecule has 0 radical (unpaired) electrons. The van der Waals surface area contributed by atoms with Crippen LogP contribution in [0.15, 0.2) is 52.7 Å². The Kier molecular flexibility index (Phi) is 10.1. The number of benzene rings is 2. The first-order valence-electron chi connectivity index (χ1n) is 12.1. The monoisotopic (exact) mass is 576 g/mol. The lowest BCUT2D eigenvalue weighted by Gasteiger charge is -2.32. The molecule has 196 valence electrons. The molecule has 0 spiro atoms. The van der Waals surface area contributed by atoms with Crippen LogP contribution in [-0.4, -0.2) is 46.6 Å². The second kappa shape index (κ2) is 13.5. The molecule has 1 aliphatic rings. The highest BCUT2D eigenvalue weighted by atomic mass is 35.5. The molecular formula is C26H30Cl2N6OS2. The standard InChI is InChI=1S/C26H30Cl2N6OS2/c27-21-8-3-17(14-22(21)28)15-34-11-9-19(10-12-34)31-24(35)2-1-13-36-20-6-4-18(5-7-20)23-16-37-26(32-23)33-25(29)30/h3-8,14,16,19H,1-2,9-13,15H2,(H,31,35)(H4,29,30,32,33). The fraction of sp³-hybridized carbons (Fsp3) is 0.346. The average Bonchev–Trinajstić information content (AvgIpc) is 3.33. The highest BCUT2D eigenvalue weighted by molar-refractivity contribution is 7.99. The van der Waals surface area contributed by atoms with Crippen LogP contribution in [0.3, 0.4) is 0 Å². The number of thioether (sulfide) groups is 1. The SMILES string of the molecule is N=C(N)Nc1nc(-c2ccc(SCCCC(=O)NC3CCN(Cc4ccc(Cl)c(Cl)c4)CC3)cc2)cs1. The molecule has 1 aliphatic heterocycles. The number of carbonyl (C=O) groups is 1. The van der Waals surface area contributed by atoms with Gasteiger partial charge in [0.25, 0.3) is 0 Å². The van der Waals surface area contributed by atoms with E-state index in [9.17, 15) is 4.79 Å². The Labute approximate surface area is 235 Å². The molecule has 2 heterocycles. The molecule has 2 aromatic carbocycles. The number of hydrogen-bond acceptors (Lipinski definition) is 6. The Hall–Kier alpha value is -2.30. The summed E-state index contributed by atoms with van der Waals surface area (Å²) >= 11 is 15.3. The largest absolute Gasteiger partial charge is 0.370 e. The lowest BCUT2D eigenvalue weighted by Crippen LogP contribution is -2.44. The summed E-state index contributed by atoms with van der Waals surface area (Å²) in [5, 5.41) is 16.9. The van der Waals surface area contributed by atoms with E-state index >= 15 is 0 Å². The molecule has 0 atom stereocenters. The summed E-state index contributed by atoms with van der Waals surface area (Å²) in [6, 6.07) is 14.2. The molecule has 37 heavy (non-hydrogen) atoms. The number of halogens is 2. The van der Waals surface area contributed by atoms with Crippen LogP contribution in [0.4, 0.5) is 5.13 Å². The lowest BCUT2D eigenvalue weighted by atomic mass is 10.0. The van der Waals surface area contributed by atoms with Crippen molar-refractivity contribution in [2.24, 2.45) is 5.73 Å². The summed E-state index contributed by atoms with van der Waals surface area (Å²) in [5.41, 5.74) is 8.37. The number of aromatic nitrogens is 1. The molecule has 4 rings (SSSR count). The van der Waals surface area contributed by atoms with Crippen LogP contribution in [0, 0.1) is 5.41 Å². The lowest BCUT2D eigenvalue weighted by molar-refractivity contribution is -0.122. The summed E-state index contributed by atoms with van der Waals surface area (Å²) in [4.78, 5) is 20.4. The molecule has 1 aromatic heterocycles. The summed E-state index contributed by atoms with van der Waals surface area (Å²) in [7, 11) is 0. The van der Waals surface area contributed by atoms with E-state index in [1.807, 2.05) is 35.7 Å². The fourth-order valence-electron chi connectivity index (χ4n) is 4.16. The van der Waals surface area contributed by atoms with Gasteiger partial charge < -0.3 is 16.4 Å². The van der Waals surface area contributed by atoms with Gasteiger partial charge in [0, 0.05) is 47.9 Å². The molecule has 0 unspecified atom stereocenters. The number of anilines is 1. The van der Waals surface area contributed by atoms with Gasteiger partial charge in [-0.3, -0.25) is 15.1 Å². The number of carbonyl (C=O) groups excluding carboxylic acids is 1. The van der Waals surface area contributed by atoms with E-state index in [-0.39, 0.29) is 17.9 Å². The van der Waals surface area contributed by atoms with Crippen molar-refractivity contribution in [1.82, 2.24) is 15.2 Å². The van der Waals surface area contributed by atoms with Crippen molar-refractivity contribution >= 4 is 63.3 Å². The van der Waals surface area contributed by atoms with Gasteiger partial charge >= 0.3 is 0 Å². The first-order valence-corrected chi connectivity index (χ1v) is 14.7. The zero-order valence-corrected chi connectivity index (χ0v) is 23.5. The topological polar surface area (TPSA) is 107 Å². The number of amides is 1. The fourth-order valence-corrected chi connectivity index (χ4v) is 6.06. The van der Waals surface area contributed by atoms with Crippen molar-refractivity contribution in [3.63, 3.8) is 0 Å². The number of thiazole rings is 1. The van der Waals surface area contributed by atoms with Gasteiger partial charge in [-0.2, -0.15) is 0 Å². The van der Waals surface area contributed by atoms with Crippen LogP contribution in [-0.2, 0) is 11.3 Å². The molecule has 5 N–H and O–H groups in total. The molecule has 1 fully saturated rings. The Balaban J connectivity index is 1.11. The van der Waals surface area contributed by atoms with Crippen molar-refractivity contribution in [3.8, 4) is 11.3 Å². The number of likely N-dealkylation sites (tertiary alicyclic amines) is 1. The summed E-state index contributed by atoms with van der Waals surface area (Å²) < 4.78 is 0. The quantitative estimate of drug-likeness (QED) is 0.101. The van der Waals surface area contributed by atoms with E-state index in [2.05, 4.69) is 32.7 Å². The number of nitrogens with one attached hydrogen (secondary N) is 3. The van der Waals surface area contributed by atoms with Gasteiger partial charge in [0.1, 0.15) is 0 Å². The van der Waals surface area contributed by atoms with Crippen LogP contribution in [0.2, 0.25) is 10.0 Å². The third-order valence-electron chi connectivity index (χ3n) is 6.06. The minimum Gasteiger partial charge on any atom is -0.370 e. The maximum absolute atomic E-state index is 12.4. The smallest absolute Gasteiger partial charge is 0.220 e. The molecule has 0 bridgehead atoms. The maximum Gasteiger partial charge on any atom is 0.220 e. The highest BCUT2D eigenvalue weighted by Gasteiger charge is 2.20. The van der Waals surface area contributed by atoms with E-state index in [1.165, 1.54) is 11.3 Å². The van der Waals surface area contributed by atoms with E-state index in [0.29, 0.717) is 21.6 Å². The van der Waals surface area contributed by atoms with E-state index in [0.717, 1.165) is 66.4 Å². The second-order valence-electron chi connectivity index (χ2n) is 8.92. The first kappa shape index (κ1) is 27.7. The van der Waals surface area contributed by atoms with E-state index in [4.69, 9.17) is 34.3 Å². The van der Waals surface area contributed by atoms with Crippen LogP contribution >= 0.6 is 46.3 Å². The Morgan fingerprint density at radius 3 is 2.62 bits per heavy atom. The van der Waals surface area contributed by atoms with Crippen molar-refractivity contribution in [1.29, 1.82) is 5.41 Å². The van der Waals surface area contributed by atoms with Crippen LogP contribution in [0.1, 0.15) is 31.2 Å². The highest BCUT2D eigenvalue weighted by Crippen LogP contribution is 2.28. The predicted molar refractivity (Wildman–Crippen MR) is 156 cm³/mol. The Morgan fingerprint density at radius 1 is 1.16 bits per heavy atom. The molecule has 7 nitrogen and oxygen atoms in total. The van der Waals surface area contributed by atoms with Gasteiger partial charge in [0.2, 0.25) is 5.91 Å². The van der Waals surface area contributed by atoms with Gasteiger partial charge in [0.15, 0.2) is 11.1 Å². The van der Waals surface area contributed by atoms with Crippen LogP contribution in [0.5, 0.6) is 0 Å². The van der Waals surface area contributed by atoms with E-state index in [1.54, 1.807) is 11.8 Å². The Bertz CT molecular complexity index is 1210. The summed E-state index contributed by atoms with van der Waals surface area (Å²) in [6.45, 7) is 2.75. The average molecular weight is 578 g/mol. The summed E-state index contributed by atoms with van der Waals surface area (Å²) in [5.74, 6) is 0.901. The van der Waals surface area contributed by atoms with Crippen molar-refractivity contribution in [3.05, 3.63) is 63.5 Å². The number of hydrogen-bond donors (Lipinski definition) is 4. The predicted octanol–water partition coefficient (Wildman–Crippen LogP) is 6.08. The number of guanidine groups is 1. The van der Waals surface area contributed by atoms with Crippen molar-refractivity contribution < 1.29 is 4.79 Å². The van der Waals surface area contributed by atoms with Gasteiger partial charge in [-0.1, -0.05) is 41.4 Å². The number of rotatable bonds is 10. The first-order chi connectivity index (χ1) is 17.9. The molecule has 3 aromatic rings. The zero-order chi connectivity index (χ0) is 26.2. The molecule has 1 amide bonds. The maximum atomic E-state index is 12.4. The Morgan fingerprint density at radius 2 is 1.92 bits per heavy atom. The van der Waals surface area contributed by atoms with Gasteiger partial charge in [-0.15, -0.1) is 23.1 Å². The van der Waals surface area contributed by atoms with Crippen LogP contribution < -0.4 is 16.4 Å². The number of nitrogens with two attached hydrogens (primary N) is 1. The van der Waals surface area contributed by atoms with E-state index < -0.39 is 0 Å². The normalized spacial score (nSPS) is 14.4.